The summed E-state index contributed by atoms with van der Waals surface area (Å²) in [5, 5.41) is 9.66. The second kappa shape index (κ2) is 5.65. The van der Waals surface area contributed by atoms with Crippen LogP contribution in [0.3, 0.4) is 0 Å². The molecule has 0 aliphatic heterocycles. The lowest BCUT2D eigenvalue weighted by atomic mass is 10.1. The number of aliphatic hydroxyl groups excluding tert-OH is 1. The molecule has 0 aliphatic carbocycles. The Kier molecular flexibility index (Phi) is 3.95. The average Bonchev–Trinajstić information content (AvgIpc) is 2.41. The van der Waals surface area contributed by atoms with Gasteiger partial charge in [0.25, 0.3) is 0 Å². The van der Waals surface area contributed by atoms with Crippen molar-refractivity contribution in [2.24, 2.45) is 0 Å². The summed E-state index contributed by atoms with van der Waals surface area (Å²) in [5.41, 5.74) is 0.865. The van der Waals surface area contributed by atoms with Gasteiger partial charge in [0.15, 0.2) is 0 Å². The van der Waals surface area contributed by atoms with Crippen LogP contribution in [0.25, 0.3) is 0 Å². The van der Waals surface area contributed by atoms with E-state index >= 15 is 0 Å². The number of benzene rings is 2. The molecule has 0 saturated carbocycles. The van der Waals surface area contributed by atoms with E-state index < -0.39 is 6.10 Å². The molecule has 2 aromatic carbocycles. The third-order valence-corrected chi connectivity index (χ3v) is 2.70. The first-order valence-corrected chi connectivity index (χ1v) is 5.90. The van der Waals surface area contributed by atoms with Gasteiger partial charge in [-0.3, -0.25) is 0 Å². The first-order valence-electron chi connectivity index (χ1n) is 5.90. The van der Waals surface area contributed by atoms with Crippen LogP contribution in [0, 0.1) is 5.82 Å². The number of ether oxygens (including phenoxy) is 1. The molecular weight excluding hydrogens is 231 g/mol. The van der Waals surface area contributed by atoms with E-state index in [2.05, 4.69) is 0 Å². The molecule has 0 aromatic heterocycles. The van der Waals surface area contributed by atoms with E-state index in [-0.39, 0.29) is 5.82 Å². The van der Waals surface area contributed by atoms with Crippen molar-refractivity contribution in [3.8, 4) is 11.5 Å². The van der Waals surface area contributed by atoms with Gasteiger partial charge in [0.1, 0.15) is 17.3 Å². The topological polar surface area (TPSA) is 29.5 Å². The molecule has 0 saturated heterocycles. The molecule has 1 atom stereocenters. The standard InChI is InChI=1S/C15H15FO2/c1-2-15(17)11-3-7-13(8-4-11)18-14-9-5-12(16)6-10-14/h3-10,15,17H,2H2,1H3. The fourth-order valence-electron chi connectivity index (χ4n) is 1.63. The molecule has 0 fully saturated rings. The SMILES string of the molecule is CCC(O)c1ccc(Oc2ccc(F)cc2)cc1. The van der Waals surface area contributed by atoms with Gasteiger partial charge in [-0.05, 0) is 48.4 Å². The van der Waals surface area contributed by atoms with E-state index in [9.17, 15) is 9.50 Å². The summed E-state index contributed by atoms with van der Waals surface area (Å²) in [6, 6.07) is 13.1. The zero-order valence-corrected chi connectivity index (χ0v) is 10.1. The van der Waals surface area contributed by atoms with E-state index in [4.69, 9.17) is 4.74 Å². The fraction of sp³-hybridized carbons (Fsp3) is 0.200. The van der Waals surface area contributed by atoms with Gasteiger partial charge in [0.05, 0.1) is 6.10 Å². The van der Waals surface area contributed by atoms with E-state index in [1.807, 2.05) is 19.1 Å². The third kappa shape index (κ3) is 3.08. The smallest absolute Gasteiger partial charge is 0.127 e. The Labute approximate surface area is 106 Å². The summed E-state index contributed by atoms with van der Waals surface area (Å²) < 4.78 is 18.3. The minimum Gasteiger partial charge on any atom is -0.457 e. The summed E-state index contributed by atoms with van der Waals surface area (Å²) in [6.07, 6.45) is 0.239. The van der Waals surface area contributed by atoms with Gasteiger partial charge in [0.2, 0.25) is 0 Å². The Morgan fingerprint density at radius 2 is 1.50 bits per heavy atom. The highest BCUT2D eigenvalue weighted by atomic mass is 19.1. The number of rotatable bonds is 4. The second-order valence-corrected chi connectivity index (χ2v) is 4.05. The quantitative estimate of drug-likeness (QED) is 0.881. The molecule has 0 radical (unpaired) electrons. The highest BCUT2D eigenvalue weighted by Crippen LogP contribution is 2.24. The largest absolute Gasteiger partial charge is 0.457 e. The zero-order valence-electron chi connectivity index (χ0n) is 10.1. The van der Waals surface area contributed by atoms with Crippen LogP contribution in [0.15, 0.2) is 48.5 Å². The maximum Gasteiger partial charge on any atom is 0.127 e. The molecule has 0 amide bonds. The molecule has 1 N–H and O–H groups in total. The van der Waals surface area contributed by atoms with Gasteiger partial charge in [-0.1, -0.05) is 19.1 Å². The molecule has 1 unspecified atom stereocenters. The third-order valence-electron chi connectivity index (χ3n) is 2.70. The Morgan fingerprint density at radius 1 is 1.00 bits per heavy atom. The number of aliphatic hydroxyl groups is 1. The summed E-state index contributed by atoms with van der Waals surface area (Å²) in [5.74, 6) is 0.956. The van der Waals surface area contributed by atoms with Crippen molar-refractivity contribution in [2.45, 2.75) is 19.4 Å². The molecule has 0 heterocycles. The first-order chi connectivity index (χ1) is 8.69. The van der Waals surface area contributed by atoms with Gasteiger partial charge >= 0.3 is 0 Å². The van der Waals surface area contributed by atoms with Crippen LogP contribution in [0.2, 0.25) is 0 Å². The van der Waals surface area contributed by atoms with Gasteiger partial charge in [-0.15, -0.1) is 0 Å². The number of hydrogen-bond donors (Lipinski definition) is 1. The molecule has 3 heteroatoms. The summed E-state index contributed by atoms with van der Waals surface area (Å²) in [7, 11) is 0. The average molecular weight is 246 g/mol. The molecule has 0 spiro atoms. The van der Waals surface area contributed by atoms with Gasteiger partial charge < -0.3 is 9.84 Å². The molecule has 2 aromatic rings. The van der Waals surface area contributed by atoms with Crippen molar-refractivity contribution in [1.82, 2.24) is 0 Å². The van der Waals surface area contributed by atoms with Gasteiger partial charge in [0, 0.05) is 0 Å². The van der Waals surface area contributed by atoms with Crippen molar-refractivity contribution in [1.29, 1.82) is 0 Å². The Hall–Kier alpha value is -1.87. The van der Waals surface area contributed by atoms with Crippen LogP contribution < -0.4 is 4.74 Å². The minimum atomic E-state index is -0.440. The van der Waals surface area contributed by atoms with Crippen LogP contribution in [0.4, 0.5) is 4.39 Å². The van der Waals surface area contributed by atoms with Crippen molar-refractivity contribution in [3.63, 3.8) is 0 Å². The Bertz CT molecular complexity index is 491. The van der Waals surface area contributed by atoms with Gasteiger partial charge in [-0.2, -0.15) is 0 Å². The lowest BCUT2D eigenvalue weighted by Gasteiger charge is -2.09. The maximum absolute atomic E-state index is 12.7. The van der Waals surface area contributed by atoms with Crippen molar-refractivity contribution in [2.75, 3.05) is 0 Å². The highest BCUT2D eigenvalue weighted by Gasteiger charge is 2.04. The normalized spacial score (nSPS) is 12.2. The second-order valence-electron chi connectivity index (χ2n) is 4.05. The lowest BCUT2D eigenvalue weighted by molar-refractivity contribution is 0.173. The van der Waals surface area contributed by atoms with Crippen molar-refractivity contribution in [3.05, 3.63) is 59.9 Å². The van der Waals surface area contributed by atoms with Crippen LogP contribution in [-0.4, -0.2) is 5.11 Å². The number of halogens is 1. The molecule has 2 rings (SSSR count). The fourth-order valence-corrected chi connectivity index (χ4v) is 1.63. The van der Waals surface area contributed by atoms with E-state index in [0.717, 1.165) is 5.56 Å². The highest BCUT2D eigenvalue weighted by molar-refractivity contribution is 5.33. The maximum atomic E-state index is 12.7. The zero-order chi connectivity index (χ0) is 13.0. The molecule has 0 bridgehead atoms. The molecular formula is C15H15FO2. The summed E-state index contributed by atoms with van der Waals surface area (Å²) >= 11 is 0. The Morgan fingerprint density at radius 3 is 2.00 bits per heavy atom. The molecule has 2 nitrogen and oxygen atoms in total. The van der Waals surface area contributed by atoms with Crippen LogP contribution >= 0.6 is 0 Å². The van der Waals surface area contributed by atoms with Crippen LogP contribution in [0.1, 0.15) is 25.0 Å². The van der Waals surface area contributed by atoms with Crippen molar-refractivity contribution >= 4 is 0 Å². The number of hydrogen-bond acceptors (Lipinski definition) is 2. The molecule has 94 valence electrons. The van der Waals surface area contributed by atoms with Gasteiger partial charge in [-0.25, -0.2) is 4.39 Å². The molecule has 0 aliphatic rings. The summed E-state index contributed by atoms with van der Waals surface area (Å²) in [4.78, 5) is 0. The summed E-state index contributed by atoms with van der Waals surface area (Å²) in [6.45, 7) is 1.92. The Balaban J connectivity index is 2.08. The first kappa shape index (κ1) is 12.6. The van der Waals surface area contributed by atoms with E-state index in [1.54, 1.807) is 24.3 Å². The predicted octanol–water partition coefficient (Wildman–Crippen LogP) is 4.06. The lowest BCUT2D eigenvalue weighted by Crippen LogP contribution is -1.94. The van der Waals surface area contributed by atoms with E-state index in [0.29, 0.717) is 17.9 Å². The van der Waals surface area contributed by atoms with Crippen LogP contribution in [0.5, 0.6) is 11.5 Å². The monoisotopic (exact) mass is 246 g/mol. The predicted molar refractivity (Wildman–Crippen MR) is 68.2 cm³/mol. The minimum absolute atomic E-state index is 0.288. The van der Waals surface area contributed by atoms with Crippen molar-refractivity contribution < 1.29 is 14.2 Å². The van der Waals surface area contributed by atoms with E-state index in [1.165, 1.54) is 12.1 Å². The molecule has 18 heavy (non-hydrogen) atoms. The van der Waals surface area contributed by atoms with Crippen LogP contribution in [-0.2, 0) is 0 Å².